The summed E-state index contributed by atoms with van der Waals surface area (Å²) in [6.07, 6.45) is 1.68. The molecule has 0 saturated carbocycles. The van der Waals surface area contributed by atoms with Gasteiger partial charge in [-0.15, -0.1) is 0 Å². The number of aromatic nitrogens is 1. The second-order valence-corrected chi connectivity index (χ2v) is 4.78. The first kappa shape index (κ1) is 11.8. The third-order valence-electron chi connectivity index (χ3n) is 3.17. The van der Waals surface area contributed by atoms with Crippen LogP contribution in [0.2, 0.25) is 0 Å². The number of hydrogen-bond acceptors (Lipinski definition) is 3. The van der Waals surface area contributed by atoms with E-state index in [0.29, 0.717) is 6.54 Å². The summed E-state index contributed by atoms with van der Waals surface area (Å²) in [7, 11) is 0. The smallest absolute Gasteiger partial charge is 0.129 e. The van der Waals surface area contributed by atoms with Crippen molar-refractivity contribution in [2.45, 2.75) is 20.4 Å². The van der Waals surface area contributed by atoms with Gasteiger partial charge in [-0.2, -0.15) is 0 Å². The van der Waals surface area contributed by atoms with E-state index in [2.05, 4.69) is 48.4 Å². The van der Waals surface area contributed by atoms with E-state index in [4.69, 9.17) is 4.42 Å². The first-order valence-electron chi connectivity index (χ1n) is 6.36. The summed E-state index contributed by atoms with van der Waals surface area (Å²) < 4.78 is 5.31. The van der Waals surface area contributed by atoms with Crippen LogP contribution < -0.4 is 5.32 Å². The van der Waals surface area contributed by atoms with Crippen molar-refractivity contribution < 1.29 is 4.42 Å². The Labute approximate surface area is 112 Å². The lowest BCUT2D eigenvalue weighted by atomic mass is 10.1. The lowest BCUT2D eigenvalue weighted by Gasteiger charge is -2.09. The molecule has 0 saturated heterocycles. The molecule has 0 amide bonds. The number of hydrogen-bond donors (Lipinski definition) is 1. The van der Waals surface area contributed by atoms with E-state index in [1.54, 1.807) is 6.26 Å². The molecule has 19 heavy (non-hydrogen) atoms. The summed E-state index contributed by atoms with van der Waals surface area (Å²) in [5, 5.41) is 4.49. The van der Waals surface area contributed by atoms with Crippen molar-refractivity contribution in [1.82, 2.24) is 4.98 Å². The Morgan fingerprint density at radius 2 is 2.05 bits per heavy atom. The molecule has 0 fully saturated rings. The van der Waals surface area contributed by atoms with E-state index in [1.165, 1.54) is 10.9 Å². The molecule has 0 aliphatic heterocycles. The lowest BCUT2D eigenvalue weighted by Crippen LogP contribution is -2.02. The van der Waals surface area contributed by atoms with Gasteiger partial charge in [-0.1, -0.05) is 12.1 Å². The number of benzene rings is 1. The van der Waals surface area contributed by atoms with E-state index < -0.39 is 0 Å². The van der Waals surface area contributed by atoms with Gasteiger partial charge in [-0.3, -0.25) is 0 Å². The third kappa shape index (κ3) is 2.45. The van der Waals surface area contributed by atoms with Crippen molar-refractivity contribution in [3.05, 3.63) is 59.5 Å². The summed E-state index contributed by atoms with van der Waals surface area (Å²) >= 11 is 0. The maximum absolute atomic E-state index is 5.31. The topological polar surface area (TPSA) is 38.1 Å². The summed E-state index contributed by atoms with van der Waals surface area (Å²) in [5.74, 6) is 1.82. The molecule has 0 atom stereocenters. The van der Waals surface area contributed by atoms with Crippen LogP contribution in [-0.4, -0.2) is 4.98 Å². The van der Waals surface area contributed by atoms with Crippen LogP contribution in [-0.2, 0) is 6.54 Å². The number of furan rings is 1. The monoisotopic (exact) mass is 252 g/mol. The molecule has 0 aliphatic carbocycles. The molecule has 1 aromatic carbocycles. The molecule has 3 heteroatoms. The fraction of sp³-hybridized carbons (Fsp3) is 0.188. The van der Waals surface area contributed by atoms with Gasteiger partial charge in [-0.25, -0.2) is 4.98 Å². The number of anilines is 1. The Hall–Kier alpha value is -2.29. The Morgan fingerprint density at radius 1 is 1.16 bits per heavy atom. The second kappa shape index (κ2) is 4.76. The van der Waals surface area contributed by atoms with Gasteiger partial charge in [-0.05, 0) is 49.2 Å². The standard InChI is InChI=1S/C16H16N2O/c1-11-5-6-13-9-12(2)16(18-15(13)8-11)17-10-14-4-3-7-19-14/h3-9H,10H2,1-2H3,(H,17,18). The number of rotatable bonds is 3. The quantitative estimate of drug-likeness (QED) is 0.764. The van der Waals surface area contributed by atoms with Crippen LogP contribution in [0, 0.1) is 13.8 Å². The minimum atomic E-state index is 0.651. The fourth-order valence-corrected chi connectivity index (χ4v) is 2.15. The molecule has 0 aliphatic rings. The fourth-order valence-electron chi connectivity index (χ4n) is 2.15. The zero-order valence-electron chi connectivity index (χ0n) is 11.1. The predicted octanol–water partition coefficient (Wildman–Crippen LogP) is 4.06. The van der Waals surface area contributed by atoms with Crippen LogP contribution in [0.15, 0.2) is 47.1 Å². The van der Waals surface area contributed by atoms with Gasteiger partial charge in [0.05, 0.1) is 18.3 Å². The number of fused-ring (bicyclic) bond motifs is 1. The Balaban J connectivity index is 1.92. The number of nitrogens with one attached hydrogen (secondary N) is 1. The highest BCUT2D eigenvalue weighted by Crippen LogP contribution is 2.21. The van der Waals surface area contributed by atoms with Crippen LogP contribution in [0.4, 0.5) is 5.82 Å². The Morgan fingerprint density at radius 3 is 2.84 bits per heavy atom. The van der Waals surface area contributed by atoms with Gasteiger partial charge >= 0.3 is 0 Å². The summed E-state index contributed by atoms with van der Waals surface area (Å²) in [5.41, 5.74) is 3.39. The summed E-state index contributed by atoms with van der Waals surface area (Å²) in [4.78, 5) is 4.68. The normalized spacial score (nSPS) is 10.8. The highest BCUT2D eigenvalue weighted by atomic mass is 16.3. The third-order valence-corrected chi connectivity index (χ3v) is 3.17. The van der Waals surface area contributed by atoms with Gasteiger partial charge < -0.3 is 9.73 Å². The molecule has 0 radical (unpaired) electrons. The average molecular weight is 252 g/mol. The van der Waals surface area contributed by atoms with E-state index in [-0.39, 0.29) is 0 Å². The number of nitrogens with zero attached hydrogens (tertiary/aromatic N) is 1. The SMILES string of the molecule is Cc1ccc2cc(C)c(NCc3ccco3)nc2c1. The molecule has 3 nitrogen and oxygen atoms in total. The molecule has 3 rings (SSSR count). The number of pyridine rings is 1. The van der Waals surface area contributed by atoms with Gasteiger partial charge in [0.15, 0.2) is 0 Å². The van der Waals surface area contributed by atoms with Crippen molar-refractivity contribution in [2.75, 3.05) is 5.32 Å². The Kier molecular flexibility index (Phi) is 2.95. The minimum Gasteiger partial charge on any atom is -0.467 e. The second-order valence-electron chi connectivity index (χ2n) is 4.78. The van der Waals surface area contributed by atoms with Crippen LogP contribution in [0.5, 0.6) is 0 Å². The highest BCUT2D eigenvalue weighted by Gasteiger charge is 2.04. The van der Waals surface area contributed by atoms with Crippen LogP contribution in [0.3, 0.4) is 0 Å². The molecule has 1 N–H and O–H groups in total. The molecule has 0 unspecified atom stereocenters. The molecule has 2 heterocycles. The van der Waals surface area contributed by atoms with Crippen molar-refractivity contribution in [1.29, 1.82) is 0 Å². The van der Waals surface area contributed by atoms with Crippen LogP contribution >= 0.6 is 0 Å². The highest BCUT2D eigenvalue weighted by molar-refractivity contribution is 5.82. The molecule has 0 spiro atoms. The van der Waals surface area contributed by atoms with Crippen molar-refractivity contribution >= 4 is 16.7 Å². The van der Waals surface area contributed by atoms with Crippen LogP contribution in [0.1, 0.15) is 16.9 Å². The first-order chi connectivity index (χ1) is 9.22. The molecular formula is C16H16N2O. The summed E-state index contributed by atoms with van der Waals surface area (Å²) in [6.45, 7) is 4.80. The molecule has 96 valence electrons. The lowest BCUT2D eigenvalue weighted by molar-refractivity contribution is 0.518. The molecular weight excluding hydrogens is 236 g/mol. The predicted molar refractivity (Wildman–Crippen MR) is 77.3 cm³/mol. The van der Waals surface area contributed by atoms with E-state index >= 15 is 0 Å². The maximum atomic E-state index is 5.31. The van der Waals surface area contributed by atoms with Gasteiger partial charge in [0.1, 0.15) is 11.6 Å². The minimum absolute atomic E-state index is 0.651. The molecule has 3 aromatic rings. The van der Waals surface area contributed by atoms with E-state index in [9.17, 15) is 0 Å². The zero-order chi connectivity index (χ0) is 13.2. The van der Waals surface area contributed by atoms with Crippen molar-refractivity contribution in [3.8, 4) is 0 Å². The van der Waals surface area contributed by atoms with Crippen molar-refractivity contribution in [3.63, 3.8) is 0 Å². The molecule has 2 aromatic heterocycles. The van der Waals surface area contributed by atoms with Crippen molar-refractivity contribution in [2.24, 2.45) is 0 Å². The van der Waals surface area contributed by atoms with Crippen LogP contribution in [0.25, 0.3) is 10.9 Å². The first-order valence-corrected chi connectivity index (χ1v) is 6.36. The van der Waals surface area contributed by atoms with Gasteiger partial charge in [0, 0.05) is 5.39 Å². The van der Waals surface area contributed by atoms with E-state index in [0.717, 1.165) is 22.7 Å². The average Bonchev–Trinajstić information content (AvgIpc) is 2.90. The largest absolute Gasteiger partial charge is 0.467 e. The van der Waals surface area contributed by atoms with E-state index in [1.807, 2.05) is 12.1 Å². The summed E-state index contributed by atoms with van der Waals surface area (Å²) in [6, 6.07) is 12.3. The maximum Gasteiger partial charge on any atom is 0.129 e. The van der Waals surface area contributed by atoms with Gasteiger partial charge in [0.2, 0.25) is 0 Å². The molecule has 0 bridgehead atoms. The zero-order valence-corrected chi connectivity index (χ0v) is 11.1. The Bertz CT molecular complexity index is 702. The number of aryl methyl sites for hydroxylation is 2. The van der Waals surface area contributed by atoms with Gasteiger partial charge in [0.25, 0.3) is 0 Å².